The molecule has 0 aromatic heterocycles. The van der Waals surface area contributed by atoms with Gasteiger partial charge in [0.25, 0.3) is 11.8 Å². The number of nitrogens with zero attached hydrogens (tertiary/aromatic N) is 1. The zero-order chi connectivity index (χ0) is 24.9. The van der Waals surface area contributed by atoms with Gasteiger partial charge in [-0.2, -0.15) is 0 Å². The first-order chi connectivity index (χ1) is 16.7. The molecule has 0 radical (unpaired) electrons. The molecule has 0 saturated heterocycles. The van der Waals surface area contributed by atoms with E-state index in [1.54, 1.807) is 12.1 Å². The first-order valence-corrected chi connectivity index (χ1v) is 11.4. The standard InChI is InChI=1S/C27H25N3O5/c1-15(25(33)35-3)28-23(31)16(2)30-14-22-20(5-4-6-21(22)24(30)32)18-7-9-19(10-8-18)29-26(34)27-11-17(12-27)13-27/h4-10,17H,1-2,11-14H2,3H3,(H,28,31)(H,29,34). The fraction of sp³-hybridized carbons (Fsp3) is 0.259. The van der Waals surface area contributed by atoms with Crippen molar-refractivity contribution in [3.05, 3.63) is 78.1 Å². The maximum atomic E-state index is 13.0. The number of hydrogen-bond donors (Lipinski definition) is 2. The smallest absolute Gasteiger partial charge is 0.353 e. The third kappa shape index (κ3) is 3.71. The topological polar surface area (TPSA) is 105 Å². The third-order valence-electron chi connectivity index (χ3n) is 7.23. The third-order valence-corrected chi connectivity index (χ3v) is 7.23. The summed E-state index contributed by atoms with van der Waals surface area (Å²) >= 11 is 0. The normalized spacial score (nSPS) is 21.2. The van der Waals surface area contributed by atoms with Gasteiger partial charge in [0.1, 0.15) is 11.4 Å². The Morgan fingerprint density at radius 1 is 1.03 bits per heavy atom. The Morgan fingerprint density at radius 2 is 1.69 bits per heavy atom. The van der Waals surface area contributed by atoms with Gasteiger partial charge >= 0.3 is 5.97 Å². The van der Waals surface area contributed by atoms with Gasteiger partial charge in [0.05, 0.1) is 19.1 Å². The Labute approximate surface area is 202 Å². The SMILES string of the molecule is C=C(NC(=O)C(=C)N1Cc2c(cccc2-c2ccc(NC(=O)C34CC(C3)C4)cc2)C1=O)C(=O)OC. The molecular formula is C27H25N3O5. The van der Waals surface area contributed by atoms with E-state index in [-0.39, 0.29) is 35.2 Å². The molecule has 6 rings (SSSR count). The summed E-state index contributed by atoms with van der Waals surface area (Å²) in [7, 11) is 1.17. The van der Waals surface area contributed by atoms with E-state index in [0.29, 0.717) is 5.56 Å². The van der Waals surface area contributed by atoms with Crippen LogP contribution in [0, 0.1) is 11.3 Å². The van der Waals surface area contributed by atoms with Gasteiger partial charge in [0.2, 0.25) is 5.91 Å². The summed E-state index contributed by atoms with van der Waals surface area (Å²) in [6.07, 6.45) is 2.99. The van der Waals surface area contributed by atoms with Crippen molar-refractivity contribution in [3.8, 4) is 11.1 Å². The zero-order valence-corrected chi connectivity index (χ0v) is 19.3. The van der Waals surface area contributed by atoms with E-state index in [0.717, 1.165) is 47.6 Å². The van der Waals surface area contributed by atoms with Crippen LogP contribution in [0.15, 0.2) is 67.0 Å². The molecule has 3 saturated carbocycles. The fourth-order valence-electron chi connectivity index (χ4n) is 5.08. The van der Waals surface area contributed by atoms with E-state index in [1.807, 2.05) is 30.3 Å². The Morgan fingerprint density at radius 3 is 2.29 bits per heavy atom. The van der Waals surface area contributed by atoms with Gasteiger partial charge in [-0.1, -0.05) is 37.4 Å². The second-order valence-corrected chi connectivity index (χ2v) is 9.38. The monoisotopic (exact) mass is 471 g/mol. The number of esters is 1. The van der Waals surface area contributed by atoms with Gasteiger partial charge in [-0.05, 0) is 60.1 Å². The molecule has 0 spiro atoms. The Balaban J connectivity index is 1.31. The molecule has 4 aliphatic rings. The predicted molar refractivity (Wildman–Crippen MR) is 129 cm³/mol. The number of hydrogen-bond acceptors (Lipinski definition) is 5. The summed E-state index contributed by atoms with van der Waals surface area (Å²) in [5.74, 6) is -1.02. The summed E-state index contributed by atoms with van der Waals surface area (Å²) < 4.78 is 4.52. The summed E-state index contributed by atoms with van der Waals surface area (Å²) in [4.78, 5) is 50.9. The summed E-state index contributed by atoms with van der Waals surface area (Å²) in [5.41, 5.74) is 3.22. The van der Waals surface area contributed by atoms with Crippen LogP contribution in [0.3, 0.4) is 0 Å². The average molecular weight is 472 g/mol. The minimum absolute atomic E-state index is 0.0984. The number of ether oxygens (including phenoxy) is 1. The minimum Gasteiger partial charge on any atom is -0.464 e. The van der Waals surface area contributed by atoms with Gasteiger partial charge in [-0.25, -0.2) is 4.79 Å². The van der Waals surface area contributed by atoms with Gasteiger partial charge in [0.15, 0.2) is 0 Å². The molecular weight excluding hydrogens is 446 g/mol. The first kappa shape index (κ1) is 22.6. The van der Waals surface area contributed by atoms with E-state index in [4.69, 9.17) is 0 Å². The van der Waals surface area contributed by atoms with Crippen molar-refractivity contribution in [3.63, 3.8) is 0 Å². The van der Waals surface area contributed by atoms with Crippen LogP contribution in [-0.2, 0) is 25.7 Å². The van der Waals surface area contributed by atoms with E-state index in [2.05, 4.69) is 28.5 Å². The number of carbonyl (C=O) groups is 4. The molecule has 3 aliphatic carbocycles. The molecule has 8 heteroatoms. The number of methoxy groups -OCH3 is 1. The lowest BCUT2D eigenvalue weighted by Gasteiger charge is -2.60. The number of carbonyl (C=O) groups excluding carboxylic acids is 4. The fourth-order valence-corrected chi connectivity index (χ4v) is 5.08. The van der Waals surface area contributed by atoms with Crippen LogP contribution in [0.4, 0.5) is 5.69 Å². The maximum Gasteiger partial charge on any atom is 0.353 e. The lowest BCUT2D eigenvalue weighted by atomic mass is 9.44. The van der Waals surface area contributed by atoms with E-state index in [1.165, 1.54) is 12.0 Å². The summed E-state index contributed by atoms with van der Waals surface area (Å²) in [5, 5.41) is 5.33. The molecule has 2 bridgehead atoms. The molecule has 35 heavy (non-hydrogen) atoms. The summed E-state index contributed by atoms with van der Waals surface area (Å²) in [6.45, 7) is 7.36. The Bertz CT molecular complexity index is 1290. The van der Waals surface area contributed by atoms with Gasteiger partial charge in [0, 0.05) is 11.3 Å². The molecule has 2 N–H and O–H groups in total. The van der Waals surface area contributed by atoms with Crippen LogP contribution < -0.4 is 10.6 Å². The lowest BCUT2D eigenvalue weighted by molar-refractivity contribution is -0.158. The highest BCUT2D eigenvalue weighted by molar-refractivity contribution is 6.08. The van der Waals surface area contributed by atoms with Crippen LogP contribution >= 0.6 is 0 Å². The van der Waals surface area contributed by atoms with Crippen LogP contribution in [0.5, 0.6) is 0 Å². The van der Waals surface area contributed by atoms with Crippen LogP contribution in [0.1, 0.15) is 35.2 Å². The molecule has 2 aromatic rings. The number of fused-ring (bicyclic) bond motifs is 1. The Hall–Kier alpha value is -4.20. The van der Waals surface area contributed by atoms with Crippen molar-refractivity contribution < 1.29 is 23.9 Å². The second-order valence-electron chi connectivity index (χ2n) is 9.38. The van der Waals surface area contributed by atoms with Crippen molar-refractivity contribution in [1.29, 1.82) is 0 Å². The molecule has 1 aliphatic heterocycles. The van der Waals surface area contributed by atoms with Gasteiger partial charge in [-0.15, -0.1) is 0 Å². The Kier molecular flexibility index (Phi) is 5.31. The van der Waals surface area contributed by atoms with Crippen molar-refractivity contribution in [1.82, 2.24) is 10.2 Å². The highest BCUT2D eigenvalue weighted by Gasteiger charge is 2.61. The first-order valence-electron chi connectivity index (χ1n) is 11.4. The maximum absolute atomic E-state index is 13.0. The molecule has 178 valence electrons. The molecule has 2 aromatic carbocycles. The van der Waals surface area contributed by atoms with Crippen molar-refractivity contribution in [2.75, 3.05) is 12.4 Å². The van der Waals surface area contributed by atoms with Gasteiger partial charge < -0.3 is 15.4 Å². The van der Waals surface area contributed by atoms with Crippen LogP contribution in [0.2, 0.25) is 0 Å². The number of benzene rings is 2. The molecule has 0 atom stereocenters. The largest absolute Gasteiger partial charge is 0.464 e. The summed E-state index contributed by atoms with van der Waals surface area (Å²) in [6, 6.07) is 12.9. The highest BCUT2D eigenvalue weighted by atomic mass is 16.5. The highest BCUT2D eigenvalue weighted by Crippen LogP contribution is 2.64. The lowest BCUT2D eigenvalue weighted by Crippen LogP contribution is -2.58. The quantitative estimate of drug-likeness (QED) is 0.476. The second kappa shape index (κ2) is 8.23. The zero-order valence-electron chi connectivity index (χ0n) is 19.3. The van der Waals surface area contributed by atoms with Crippen LogP contribution in [-0.4, -0.2) is 35.7 Å². The minimum atomic E-state index is -0.784. The molecule has 3 amide bonds. The van der Waals surface area contributed by atoms with E-state index < -0.39 is 11.9 Å². The van der Waals surface area contributed by atoms with Crippen molar-refractivity contribution in [2.24, 2.45) is 11.3 Å². The van der Waals surface area contributed by atoms with Gasteiger partial charge in [-0.3, -0.25) is 19.3 Å². The molecule has 1 heterocycles. The number of rotatable bonds is 7. The molecule has 3 fully saturated rings. The van der Waals surface area contributed by atoms with E-state index >= 15 is 0 Å². The van der Waals surface area contributed by atoms with Crippen molar-refractivity contribution in [2.45, 2.75) is 25.8 Å². The number of nitrogens with one attached hydrogen (secondary N) is 2. The van der Waals surface area contributed by atoms with Crippen molar-refractivity contribution >= 4 is 29.4 Å². The number of anilines is 1. The van der Waals surface area contributed by atoms with E-state index in [9.17, 15) is 19.2 Å². The number of amides is 3. The average Bonchev–Trinajstić information content (AvgIpc) is 3.13. The van der Waals surface area contributed by atoms with Crippen LogP contribution in [0.25, 0.3) is 11.1 Å². The predicted octanol–water partition coefficient (Wildman–Crippen LogP) is 3.36. The molecule has 0 unspecified atom stereocenters. The molecule has 8 nitrogen and oxygen atoms in total.